The number of nitrogens with zero attached hydrogens (tertiary/aromatic N) is 2. The van der Waals surface area contributed by atoms with Gasteiger partial charge in [-0.25, -0.2) is 5.43 Å². The fraction of sp³-hybridized carbons (Fsp3) is 0.0667. The van der Waals surface area contributed by atoms with Crippen molar-refractivity contribution >= 4 is 43.5 Å². The minimum absolute atomic E-state index is 0.265. The van der Waals surface area contributed by atoms with E-state index < -0.39 is 0 Å². The third kappa shape index (κ3) is 4.41. The first kappa shape index (κ1) is 15.7. The second-order valence-corrected chi connectivity index (χ2v) is 6.03. The molecule has 0 saturated carbocycles. The zero-order valence-corrected chi connectivity index (χ0v) is 14.5. The molecule has 0 amide bonds. The quantitative estimate of drug-likeness (QED) is 0.463. The van der Waals surface area contributed by atoms with Gasteiger partial charge < -0.3 is 5.73 Å². The number of hydrogen-bond acceptors (Lipinski definition) is 2. The smallest absolute Gasteiger partial charge is 0.209 e. The SMILES string of the molecule is CN=C(N)NN=C(c1ccc(Br)cc1)c1ccc(Br)cc1. The van der Waals surface area contributed by atoms with E-state index in [1.54, 1.807) is 7.05 Å². The van der Waals surface area contributed by atoms with Crippen LogP contribution in [0.5, 0.6) is 0 Å². The van der Waals surface area contributed by atoms with Crippen LogP contribution in [0.3, 0.4) is 0 Å². The minimum atomic E-state index is 0.265. The van der Waals surface area contributed by atoms with Gasteiger partial charge in [-0.05, 0) is 24.3 Å². The van der Waals surface area contributed by atoms with Crippen LogP contribution < -0.4 is 11.2 Å². The Hall–Kier alpha value is -1.66. The first-order valence-corrected chi connectivity index (χ1v) is 7.76. The van der Waals surface area contributed by atoms with Gasteiger partial charge in [-0.3, -0.25) is 4.99 Å². The predicted molar refractivity (Wildman–Crippen MR) is 94.6 cm³/mol. The minimum Gasteiger partial charge on any atom is -0.369 e. The van der Waals surface area contributed by atoms with Gasteiger partial charge in [-0.2, -0.15) is 5.10 Å². The van der Waals surface area contributed by atoms with Gasteiger partial charge >= 0.3 is 0 Å². The summed E-state index contributed by atoms with van der Waals surface area (Å²) in [7, 11) is 1.61. The number of rotatable bonds is 3. The molecule has 0 atom stereocenters. The van der Waals surface area contributed by atoms with E-state index in [0.29, 0.717) is 0 Å². The summed E-state index contributed by atoms with van der Waals surface area (Å²) < 4.78 is 2.04. The molecule has 2 aromatic rings. The van der Waals surface area contributed by atoms with Crippen molar-refractivity contribution in [2.75, 3.05) is 7.05 Å². The van der Waals surface area contributed by atoms with Crippen LogP contribution in [0.4, 0.5) is 0 Å². The number of halogens is 2. The molecule has 0 heterocycles. The third-order valence-electron chi connectivity index (χ3n) is 2.76. The lowest BCUT2D eigenvalue weighted by Gasteiger charge is -2.08. The molecule has 0 unspecified atom stereocenters. The van der Waals surface area contributed by atoms with Gasteiger partial charge in [-0.15, -0.1) is 0 Å². The van der Waals surface area contributed by atoms with Crippen molar-refractivity contribution in [3.63, 3.8) is 0 Å². The summed E-state index contributed by atoms with van der Waals surface area (Å²) >= 11 is 6.87. The molecule has 0 bridgehead atoms. The molecule has 0 aliphatic rings. The molecule has 2 rings (SSSR count). The summed E-state index contributed by atoms with van der Waals surface area (Å²) in [5.41, 5.74) is 11.2. The van der Waals surface area contributed by atoms with Gasteiger partial charge in [0.15, 0.2) is 0 Å². The van der Waals surface area contributed by atoms with Crippen LogP contribution in [0.1, 0.15) is 11.1 Å². The number of hydrazone groups is 1. The Bertz CT molecular complexity index is 614. The lowest BCUT2D eigenvalue weighted by Crippen LogP contribution is -2.28. The first-order chi connectivity index (χ1) is 10.1. The maximum absolute atomic E-state index is 5.64. The van der Waals surface area contributed by atoms with E-state index in [1.165, 1.54) is 0 Å². The molecular formula is C15H14Br2N4. The van der Waals surface area contributed by atoms with Crippen LogP contribution in [0.25, 0.3) is 0 Å². The average Bonchev–Trinajstić information content (AvgIpc) is 2.50. The maximum Gasteiger partial charge on any atom is 0.209 e. The fourth-order valence-electron chi connectivity index (χ4n) is 1.67. The number of nitrogens with one attached hydrogen (secondary N) is 1. The molecular weight excluding hydrogens is 396 g/mol. The second-order valence-electron chi connectivity index (χ2n) is 4.19. The van der Waals surface area contributed by atoms with Crippen LogP contribution >= 0.6 is 31.9 Å². The molecule has 21 heavy (non-hydrogen) atoms. The number of aliphatic imine (C=N–C) groups is 1. The van der Waals surface area contributed by atoms with E-state index in [1.807, 2.05) is 48.5 Å². The molecule has 0 aromatic heterocycles. The molecule has 3 N–H and O–H groups in total. The van der Waals surface area contributed by atoms with E-state index in [-0.39, 0.29) is 5.96 Å². The van der Waals surface area contributed by atoms with Gasteiger partial charge in [0, 0.05) is 27.1 Å². The van der Waals surface area contributed by atoms with Gasteiger partial charge in [0.25, 0.3) is 0 Å². The molecule has 6 heteroatoms. The summed E-state index contributed by atoms with van der Waals surface area (Å²) in [5, 5.41) is 4.37. The molecule has 0 aliphatic heterocycles. The molecule has 2 aromatic carbocycles. The molecule has 0 saturated heterocycles. The van der Waals surface area contributed by atoms with E-state index in [0.717, 1.165) is 25.8 Å². The highest BCUT2D eigenvalue weighted by atomic mass is 79.9. The summed E-state index contributed by atoms with van der Waals surface area (Å²) in [4.78, 5) is 3.84. The lowest BCUT2D eigenvalue weighted by atomic mass is 10.0. The Labute approximate surface area is 140 Å². The average molecular weight is 410 g/mol. The highest BCUT2D eigenvalue weighted by Gasteiger charge is 2.07. The zero-order chi connectivity index (χ0) is 15.2. The first-order valence-electron chi connectivity index (χ1n) is 6.18. The molecule has 0 fully saturated rings. The van der Waals surface area contributed by atoms with Crippen molar-refractivity contribution in [3.8, 4) is 0 Å². The van der Waals surface area contributed by atoms with Gasteiger partial charge in [-0.1, -0.05) is 56.1 Å². The lowest BCUT2D eigenvalue weighted by molar-refractivity contribution is 0.999. The summed E-state index contributed by atoms with van der Waals surface area (Å²) in [6.07, 6.45) is 0. The van der Waals surface area contributed by atoms with Crippen molar-refractivity contribution < 1.29 is 0 Å². The Kier molecular flexibility index (Phi) is 5.52. The monoisotopic (exact) mass is 408 g/mol. The predicted octanol–water partition coefficient (Wildman–Crippen LogP) is 3.50. The van der Waals surface area contributed by atoms with Gasteiger partial charge in [0.1, 0.15) is 0 Å². The topological polar surface area (TPSA) is 62.8 Å². The summed E-state index contributed by atoms with van der Waals surface area (Å²) in [6.45, 7) is 0. The van der Waals surface area contributed by atoms with Gasteiger partial charge in [0.2, 0.25) is 5.96 Å². The van der Waals surface area contributed by atoms with E-state index in [2.05, 4.69) is 47.4 Å². The molecule has 4 nitrogen and oxygen atoms in total. The van der Waals surface area contributed by atoms with Crippen molar-refractivity contribution in [3.05, 3.63) is 68.6 Å². The normalized spacial score (nSPS) is 11.1. The molecule has 108 valence electrons. The van der Waals surface area contributed by atoms with Crippen LogP contribution in [0, 0.1) is 0 Å². The van der Waals surface area contributed by atoms with Crippen LogP contribution in [-0.4, -0.2) is 18.7 Å². The van der Waals surface area contributed by atoms with Crippen LogP contribution in [0.15, 0.2) is 67.6 Å². The Morgan fingerprint density at radius 2 is 1.33 bits per heavy atom. The van der Waals surface area contributed by atoms with E-state index >= 15 is 0 Å². The Balaban J connectivity index is 2.43. The number of benzene rings is 2. The summed E-state index contributed by atoms with van der Waals surface area (Å²) in [6, 6.07) is 15.9. The largest absolute Gasteiger partial charge is 0.369 e. The van der Waals surface area contributed by atoms with E-state index in [9.17, 15) is 0 Å². The van der Waals surface area contributed by atoms with Crippen LogP contribution in [0.2, 0.25) is 0 Å². The summed E-state index contributed by atoms with van der Waals surface area (Å²) in [5.74, 6) is 0.265. The zero-order valence-electron chi connectivity index (χ0n) is 11.3. The highest BCUT2D eigenvalue weighted by Crippen LogP contribution is 2.17. The van der Waals surface area contributed by atoms with Crippen LogP contribution in [-0.2, 0) is 0 Å². The third-order valence-corrected chi connectivity index (χ3v) is 3.82. The van der Waals surface area contributed by atoms with Gasteiger partial charge in [0.05, 0.1) is 5.71 Å². The number of nitrogens with two attached hydrogens (primary N) is 1. The van der Waals surface area contributed by atoms with Crippen molar-refractivity contribution in [1.82, 2.24) is 5.43 Å². The fourth-order valence-corrected chi connectivity index (χ4v) is 2.20. The van der Waals surface area contributed by atoms with Crippen molar-refractivity contribution in [2.45, 2.75) is 0 Å². The molecule has 0 radical (unpaired) electrons. The number of guanidine groups is 1. The standard InChI is InChI=1S/C15H14Br2N4/c1-19-15(18)21-20-14(10-2-6-12(16)7-3-10)11-4-8-13(17)9-5-11/h2-9H,1H3,(H3,18,19,21). The maximum atomic E-state index is 5.64. The highest BCUT2D eigenvalue weighted by molar-refractivity contribution is 9.10. The number of hydrogen-bond donors (Lipinski definition) is 2. The molecule has 0 spiro atoms. The second kappa shape index (κ2) is 7.38. The molecule has 0 aliphatic carbocycles. The Morgan fingerprint density at radius 3 is 1.71 bits per heavy atom. The van der Waals surface area contributed by atoms with E-state index in [4.69, 9.17) is 5.73 Å². The van der Waals surface area contributed by atoms with Crippen molar-refractivity contribution in [1.29, 1.82) is 0 Å². The Morgan fingerprint density at radius 1 is 0.905 bits per heavy atom. The van der Waals surface area contributed by atoms with Crippen molar-refractivity contribution in [2.24, 2.45) is 15.8 Å².